The molecule has 6 nitrogen and oxygen atoms in total. The molecule has 0 atom stereocenters. The fourth-order valence-corrected chi connectivity index (χ4v) is 1.64. The Bertz CT molecular complexity index is 681. The molecule has 0 aliphatic carbocycles. The summed E-state index contributed by atoms with van der Waals surface area (Å²) in [4.78, 5) is 27.5. The molecule has 1 heterocycles. The third-order valence-corrected chi connectivity index (χ3v) is 2.76. The Kier molecular flexibility index (Phi) is 4.18. The quantitative estimate of drug-likeness (QED) is 0.581. The van der Waals surface area contributed by atoms with Gasteiger partial charge in [-0.3, -0.25) is 9.59 Å². The third-order valence-electron chi connectivity index (χ3n) is 2.76. The van der Waals surface area contributed by atoms with Gasteiger partial charge < -0.3 is 15.7 Å². The number of anilines is 2. The molecule has 0 aliphatic heterocycles. The van der Waals surface area contributed by atoms with Gasteiger partial charge in [0.1, 0.15) is 11.6 Å². The van der Waals surface area contributed by atoms with Gasteiger partial charge in [0.15, 0.2) is 0 Å². The van der Waals surface area contributed by atoms with Crippen molar-refractivity contribution in [1.82, 2.24) is 4.98 Å². The van der Waals surface area contributed by atoms with Gasteiger partial charge in [-0.25, -0.2) is 4.98 Å². The van der Waals surface area contributed by atoms with Crippen LogP contribution in [0.15, 0.2) is 36.5 Å². The minimum absolute atomic E-state index is 0.0930. The van der Waals surface area contributed by atoms with Gasteiger partial charge in [0, 0.05) is 6.20 Å². The van der Waals surface area contributed by atoms with E-state index < -0.39 is 11.8 Å². The molecule has 2 aromatic rings. The molecule has 0 radical (unpaired) electrons. The highest BCUT2D eigenvalue weighted by atomic mass is 16.3. The maximum Gasteiger partial charge on any atom is 0.315 e. The van der Waals surface area contributed by atoms with Crippen molar-refractivity contribution in [3.8, 4) is 5.75 Å². The lowest BCUT2D eigenvalue weighted by molar-refractivity contribution is -0.133. The molecule has 0 fully saturated rings. The Morgan fingerprint density at radius 2 is 1.67 bits per heavy atom. The summed E-state index contributed by atoms with van der Waals surface area (Å²) in [5.74, 6) is -1.54. The second-order valence-corrected chi connectivity index (χ2v) is 4.65. The topological polar surface area (TPSA) is 91.3 Å². The number of amides is 2. The van der Waals surface area contributed by atoms with Crippen LogP contribution >= 0.6 is 0 Å². The van der Waals surface area contributed by atoms with Gasteiger partial charge in [0.05, 0.1) is 5.69 Å². The van der Waals surface area contributed by atoms with Crippen LogP contribution in [0.1, 0.15) is 11.1 Å². The van der Waals surface area contributed by atoms with Crippen LogP contribution in [0, 0.1) is 13.8 Å². The number of phenolic OH excluding ortho intramolecular Hbond substituents is 1. The van der Waals surface area contributed by atoms with Gasteiger partial charge in [0.2, 0.25) is 0 Å². The van der Waals surface area contributed by atoms with Gasteiger partial charge in [-0.05, 0) is 43.2 Å². The number of carbonyl (C=O) groups is 2. The number of hydrogen-bond acceptors (Lipinski definition) is 4. The highest BCUT2D eigenvalue weighted by molar-refractivity contribution is 6.43. The molecule has 1 aromatic heterocycles. The lowest BCUT2D eigenvalue weighted by Crippen LogP contribution is -2.29. The van der Waals surface area contributed by atoms with Crippen molar-refractivity contribution >= 4 is 23.3 Å². The molecule has 108 valence electrons. The van der Waals surface area contributed by atoms with Crippen LogP contribution in [-0.2, 0) is 9.59 Å². The fourth-order valence-electron chi connectivity index (χ4n) is 1.64. The summed E-state index contributed by atoms with van der Waals surface area (Å²) >= 11 is 0. The number of pyridine rings is 1. The minimum Gasteiger partial charge on any atom is -0.506 e. The van der Waals surface area contributed by atoms with Gasteiger partial charge in [0.25, 0.3) is 0 Å². The van der Waals surface area contributed by atoms with Crippen molar-refractivity contribution in [2.45, 2.75) is 13.8 Å². The molecule has 21 heavy (non-hydrogen) atoms. The van der Waals surface area contributed by atoms with E-state index in [0.717, 1.165) is 11.1 Å². The summed E-state index contributed by atoms with van der Waals surface area (Å²) in [6.45, 7) is 3.67. The Morgan fingerprint density at radius 3 is 2.29 bits per heavy atom. The first-order chi connectivity index (χ1) is 9.95. The first-order valence-corrected chi connectivity index (χ1v) is 6.30. The van der Waals surface area contributed by atoms with Crippen molar-refractivity contribution in [1.29, 1.82) is 0 Å². The van der Waals surface area contributed by atoms with E-state index in [2.05, 4.69) is 15.6 Å². The maximum atomic E-state index is 11.8. The van der Waals surface area contributed by atoms with Crippen molar-refractivity contribution in [2.75, 3.05) is 10.6 Å². The first kappa shape index (κ1) is 14.5. The van der Waals surface area contributed by atoms with Gasteiger partial charge in [-0.2, -0.15) is 0 Å². The molecule has 0 spiro atoms. The Balaban J connectivity index is 2.02. The van der Waals surface area contributed by atoms with Crippen LogP contribution < -0.4 is 10.6 Å². The van der Waals surface area contributed by atoms with Gasteiger partial charge in [-0.15, -0.1) is 0 Å². The second-order valence-electron chi connectivity index (χ2n) is 4.65. The summed E-state index contributed by atoms with van der Waals surface area (Å²) in [5.41, 5.74) is 1.97. The lowest BCUT2D eigenvalue weighted by Gasteiger charge is -2.08. The zero-order chi connectivity index (χ0) is 15.4. The molecule has 6 heteroatoms. The van der Waals surface area contributed by atoms with E-state index in [0.29, 0.717) is 0 Å². The molecule has 0 saturated carbocycles. The average Bonchev–Trinajstić information content (AvgIpc) is 2.44. The van der Waals surface area contributed by atoms with Crippen LogP contribution in [0.2, 0.25) is 0 Å². The summed E-state index contributed by atoms with van der Waals surface area (Å²) in [7, 11) is 0. The molecule has 2 rings (SSSR count). The summed E-state index contributed by atoms with van der Waals surface area (Å²) in [6, 6.07) is 8.11. The van der Waals surface area contributed by atoms with E-state index in [4.69, 9.17) is 0 Å². The molecule has 0 unspecified atom stereocenters. The fraction of sp³-hybridized carbons (Fsp3) is 0.133. The highest BCUT2D eigenvalue weighted by Gasteiger charge is 2.16. The second kappa shape index (κ2) is 6.04. The van der Waals surface area contributed by atoms with E-state index >= 15 is 0 Å². The van der Waals surface area contributed by atoms with Crippen LogP contribution in [0.5, 0.6) is 5.75 Å². The normalized spacial score (nSPS) is 10.0. The number of aromatic nitrogens is 1. The molecule has 0 aliphatic rings. The van der Waals surface area contributed by atoms with Crippen molar-refractivity contribution in [2.24, 2.45) is 0 Å². The molecule has 0 bridgehead atoms. The van der Waals surface area contributed by atoms with Crippen molar-refractivity contribution in [3.05, 3.63) is 47.7 Å². The smallest absolute Gasteiger partial charge is 0.315 e. The van der Waals surface area contributed by atoms with E-state index in [9.17, 15) is 14.7 Å². The molecule has 0 saturated heterocycles. The SMILES string of the molecule is Cc1ccc(NC(=O)C(=O)Nc2ccc(C)cc2O)nc1. The number of aryl methyl sites for hydroxylation is 2. The molecule has 1 aromatic carbocycles. The van der Waals surface area contributed by atoms with Gasteiger partial charge >= 0.3 is 11.8 Å². The number of phenols is 1. The van der Waals surface area contributed by atoms with Crippen LogP contribution in [-0.4, -0.2) is 21.9 Å². The van der Waals surface area contributed by atoms with Crippen molar-refractivity contribution < 1.29 is 14.7 Å². The number of rotatable bonds is 2. The lowest BCUT2D eigenvalue weighted by atomic mass is 10.2. The molecule has 2 amide bonds. The predicted molar refractivity (Wildman–Crippen MR) is 79.1 cm³/mol. The zero-order valence-electron chi connectivity index (χ0n) is 11.7. The predicted octanol–water partition coefficient (Wildman–Crippen LogP) is 1.98. The summed E-state index contributed by atoms with van der Waals surface area (Å²) < 4.78 is 0. The van der Waals surface area contributed by atoms with Crippen LogP contribution in [0.4, 0.5) is 11.5 Å². The number of hydrogen-bond donors (Lipinski definition) is 3. The monoisotopic (exact) mass is 285 g/mol. The number of benzene rings is 1. The molecule has 3 N–H and O–H groups in total. The zero-order valence-corrected chi connectivity index (χ0v) is 11.7. The highest BCUT2D eigenvalue weighted by Crippen LogP contribution is 2.23. The number of aromatic hydroxyl groups is 1. The molecular formula is C15H15N3O3. The van der Waals surface area contributed by atoms with Crippen LogP contribution in [0.3, 0.4) is 0 Å². The Morgan fingerprint density at radius 1 is 1.00 bits per heavy atom. The summed E-state index contributed by atoms with van der Waals surface area (Å²) in [6.07, 6.45) is 1.58. The summed E-state index contributed by atoms with van der Waals surface area (Å²) in [5, 5.41) is 14.4. The molecular weight excluding hydrogens is 270 g/mol. The van der Waals surface area contributed by atoms with Gasteiger partial charge in [-0.1, -0.05) is 12.1 Å². The number of nitrogens with one attached hydrogen (secondary N) is 2. The van der Waals surface area contributed by atoms with Crippen LogP contribution in [0.25, 0.3) is 0 Å². The maximum absolute atomic E-state index is 11.8. The number of carbonyl (C=O) groups excluding carboxylic acids is 2. The minimum atomic E-state index is -0.878. The third kappa shape index (κ3) is 3.79. The first-order valence-electron chi connectivity index (χ1n) is 6.30. The number of nitrogens with zero attached hydrogens (tertiary/aromatic N) is 1. The standard InChI is InChI=1S/C15H15N3O3/c1-9-3-5-11(12(19)7-9)17-14(20)15(21)18-13-6-4-10(2)8-16-13/h3-8,19H,1-2H3,(H,17,20)(H,16,18,21). The average molecular weight is 285 g/mol. The van der Waals surface area contributed by atoms with E-state index in [1.54, 1.807) is 31.3 Å². The van der Waals surface area contributed by atoms with E-state index in [1.807, 2.05) is 6.92 Å². The van der Waals surface area contributed by atoms with E-state index in [-0.39, 0.29) is 17.3 Å². The Hall–Kier alpha value is -2.89. The Labute approximate surface area is 121 Å². The van der Waals surface area contributed by atoms with E-state index in [1.165, 1.54) is 12.1 Å². The largest absolute Gasteiger partial charge is 0.506 e. The van der Waals surface area contributed by atoms with Crippen molar-refractivity contribution in [3.63, 3.8) is 0 Å².